The summed E-state index contributed by atoms with van der Waals surface area (Å²) in [4.78, 5) is 2.46. The lowest BCUT2D eigenvalue weighted by molar-refractivity contribution is 0.334. The number of hydrogen-bond donors (Lipinski definition) is 2. The van der Waals surface area contributed by atoms with Crippen LogP contribution in [0.3, 0.4) is 0 Å². The highest BCUT2D eigenvalue weighted by molar-refractivity contribution is 9.11. The number of nitrogens with zero attached hydrogens (tertiary/aromatic N) is 1. The van der Waals surface area contributed by atoms with E-state index in [-0.39, 0.29) is 10.6 Å². The highest BCUT2D eigenvalue weighted by atomic mass is 79.9. The van der Waals surface area contributed by atoms with Gasteiger partial charge >= 0.3 is 0 Å². The van der Waals surface area contributed by atoms with Crippen molar-refractivity contribution in [2.24, 2.45) is 0 Å². The smallest absolute Gasteiger partial charge is 0.243 e. The summed E-state index contributed by atoms with van der Waals surface area (Å²) < 4.78 is 28.5. The molecule has 1 aliphatic rings. The lowest BCUT2D eigenvalue weighted by atomic mass is 10.3. The Bertz CT molecular complexity index is 578. The number of likely N-dealkylation sites (tertiary alicyclic amines) is 1. The molecule has 0 amide bonds. The van der Waals surface area contributed by atoms with E-state index in [2.05, 4.69) is 41.5 Å². The van der Waals surface area contributed by atoms with E-state index in [1.165, 1.54) is 12.8 Å². The van der Waals surface area contributed by atoms with Crippen molar-refractivity contribution in [3.05, 3.63) is 21.1 Å². The molecular formula is C13H19Br2N3O2S. The summed E-state index contributed by atoms with van der Waals surface area (Å²) in [5.41, 5.74) is 6.05. The van der Waals surface area contributed by atoms with Gasteiger partial charge in [-0.05, 0) is 67.0 Å². The zero-order chi connectivity index (χ0) is 15.5. The first-order chi connectivity index (χ1) is 9.90. The Balaban J connectivity index is 1.95. The Morgan fingerprint density at radius 1 is 1.24 bits per heavy atom. The molecule has 0 atom stereocenters. The molecule has 1 fully saturated rings. The van der Waals surface area contributed by atoms with Crippen LogP contribution in [0.2, 0.25) is 0 Å². The van der Waals surface area contributed by atoms with E-state index >= 15 is 0 Å². The van der Waals surface area contributed by atoms with Crippen LogP contribution in [0.25, 0.3) is 0 Å². The van der Waals surface area contributed by atoms with E-state index in [1.807, 2.05) is 0 Å². The SMILES string of the molecule is Nc1cc(Br)cc(Br)c1S(=O)(=O)NCCCN1CCCC1. The number of nitrogen functional groups attached to an aromatic ring is 1. The van der Waals surface area contributed by atoms with Gasteiger partial charge in [0.05, 0.1) is 5.69 Å². The average Bonchev–Trinajstić information content (AvgIpc) is 2.86. The summed E-state index contributed by atoms with van der Waals surface area (Å²) in [5.74, 6) is 0. The average molecular weight is 441 g/mol. The van der Waals surface area contributed by atoms with E-state index in [0.29, 0.717) is 11.0 Å². The molecule has 3 N–H and O–H groups in total. The number of anilines is 1. The van der Waals surface area contributed by atoms with E-state index in [9.17, 15) is 8.42 Å². The topological polar surface area (TPSA) is 75.4 Å². The zero-order valence-electron chi connectivity index (χ0n) is 11.6. The van der Waals surface area contributed by atoms with Crippen molar-refractivity contribution in [3.8, 4) is 0 Å². The molecule has 8 heteroatoms. The van der Waals surface area contributed by atoms with Crippen molar-refractivity contribution in [2.45, 2.75) is 24.2 Å². The van der Waals surface area contributed by atoms with Crippen LogP contribution >= 0.6 is 31.9 Å². The van der Waals surface area contributed by atoms with Crippen LogP contribution in [0.15, 0.2) is 26.0 Å². The fourth-order valence-corrected chi connectivity index (χ4v) is 5.59. The van der Waals surface area contributed by atoms with E-state index < -0.39 is 10.0 Å². The number of sulfonamides is 1. The molecule has 2 rings (SSSR count). The number of nitrogens with one attached hydrogen (secondary N) is 1. The van der Waals surface area contributed by atoms with Gasteiger partial charge in [0.1, 0.15) is 4.90 Å². The monoisotopic (exact) mass is 439 g/mol. The van der Waals surface area contributed by atoms with Crippen LogP contribution in [-0.2, 0) is 10.0 Å². The van der Waals surface area contributed by atoms with Gasteiger partial charge in [0, 0.05) is 15.5 Å². The minimum atomic E-state index is -3.60. The van der Waals surface area contributed by atoms with Crippen molar-refractivity contribution >= 4 is 47.6 Å². The fraction of sp³-hybridized carbons (Fsp3) is 0.538. The predicted molar refractivity (Wildman–Crippen MR) is 91.7 cm³/mol. The van der Waals surface area contributed by atoms with Gasteiger partial charge in [0.25, 0.3) is 0 Å². The highest BCUT2D eigenvalue weighted by Crippen LogP contribution is 2.31. The molecule has 1 heterocycles. The molecule has 0 aromatic heterocycles. The molecule has 0 aliphatic carbocycles. The van der Waals surface area contributed by atoms with E-state index in [0.717, 1.165) is 30.5 Å². The standard InChI is InChI=1S/C13H19Br2N3O2S/c14-10-8-11(15)13(12(16)9-10)21(19,20)17-4-3-7-18-5-1-2-6-18/h8-9,17H,1-7,16H2. The molecule has 1 saturated heterocycles. The summed E-state index contributed by atoms with van der Waals surface area (Å²) in [7, 11) is -3.60. The maximum absolute atomic E-state index is 12.3. The van der Waals surface area contributed by atoms with Gasteiger partial charge in [0.2, 0.25) is 10.0 Å². The molecule has 21 heavy (non-hydrogen) atoms. The summed E-state index contributed by atoms with van der Waals surface area (Å²) in [6, 6.07) is 3.26. The number of hydrogen-bond acceptors (Lipinski definition) is 4. The summed E-state index contributed by atoms with van der Waals surface area (Å²) in [6.45, 7) is 3.59. The molecule has 0 radical (unpaired) electrons. The molecule has 1 aromatic carbocycles. The fourth-order valence-electron chi connectivity index (χ4n) is 2.45. The Morgan fingerprint density at radius 3 is 2.52 bits per heavy atom. The third-order valence-electron chi connectivity index (χ3n) is 3.45. The Labute approximate surface area is 142 Å². The first-order valence-corrected chi connectivity index (χ1v) is 9.93. The largest absolute Gasteiger partial charge is 0.398 e. The molecule has 0 saturated carbocycles. The molecule has 118 valence electrons. The molecule has 0 bridgehead atoms. The second-order valence-electron chi connectivity index (χ2n) is 5.11. The summed E-state index contributed by atoms with van der Waals surface area (Å²) in [5, 5.41) is 0. The Kier molecular flexibility index (Phi) is 6.07. The quantitative estimate of drug-likeness (QED) is 0.526. The number of nitrogens with two attached hydrogens (primary N) is 1. The molecular weight excluding hydrogens is 422 g/mol. The third kappa shape index (κ3) is 4.66. The zero-order valence-corrected chi connectivity index (χ0v) is 15.6. The van der Waals surface area contributed by atoms with Gasteiger partial charge in [-0.3, -0.25) is 0 Å². The van der Waals surface area contributed by atoms with Gasteiger partial charge in [-0.25, -0.2) is 13.1 Å². The summed E-state index contributed by atoms with van der Waals surface area (Å²) in [6.07, 6.45) is 3.29. The first kappa shape index (κ1) is 17.2. The minimum absolute atomic E-state index is 0.104. The summed E-state index contributed by atoms with van der Waals surface area (Å²) >= 11 is 6.54. The van der Waals surface area contributed by atoms with Gasteiger partial charge < -0.3 is 10.6 Å². The number of halogens is 2. The molecule has 0 spiro atoms. The normalized spacial score (nSPS) is 16.5. The predicted octanol–water partition coefficient (Wildman–Crippen LogP) is 2.56. The van der Waals surface area contributed by atoms with E-state index in [1.54, 1.807) is 12.1 Å². The number of rotatable bonds is 6. The van der Waals surface area contributed by atoms with Gasteiger partial charge in [-0.15, -0.1) is 0 Å². The van der Waals surface area contributed by atoms with E-state index in [4.69, 9.17) is 5.73 Å². The van der Waals surface area contributed by atoms with Crippen molar-refractivity contribution in [1.29, 1.82) is 0 Å². The first-order valence-electron chi connectivity index (χ1n) is 6.87. The lowest BCUT2D eigenvalue weighted by Gasteiger charge is -2.15. The Hall–Kier alpha value is -0.150. The molecule has 1 aliphatic heterocycles. The van der Waals surface area contributed by atoms with Crippen molar-refractivity contribution in [3.63, 3.8) is 0 Å². The second-order valence-corrected chi connectivity index (χ2v) is 8.58. The minimum Gasteiger partial charge on any atom is -0.398 e. The van der Waals surface area contributed by atoms with Crippen LogP contribution in [-0.4, -0.2) is 39.5 Å². The third-order valence-corrected chi connectivity index (χ3v) is 6.37. The van der Waals surface area contributed by atoms with Gasteiger partial charge in [-0.1, -0.05) is 15.9 Å². The maximum Gasteiger partial charge on any atom is 0.243 e. The van der Waals surface area contributed by atoms with Gasteiger partial charge in [0.15, 0.2) is 0 Å². The lowest BCUT2D eigenvalue weighted by Crippen LogP contribution is -2.29. The highest BCUT2D eigenvalue weighted by Gasteiger charge is 2.21. The molecule has 0 unspecified atom stereocenters. The maximum atomic E-state index is 12.3. The van der Waals surface area contributed by atoms with Crippen LogP contribution in [0.5, 0.6) is 0 Å². The van der Waals surface area contributed by atoms with Crippen molar-refractivity contribution < 1.29 is 8.42 Å². The van der Waals surface area contributed by atoms with Crippen molar-refractivity contribution in [2.75, 3.05) is 31.9 Å². The van der Waals surface area contributed by atoms with Crippen LogP contribution in [0, 0.1) is 0 Å². The van der Waals surface area contributed by atoms with Crippen LogP contribution in [0.1, 0.15) is 19.3 Å². The van der Waals surface area contributed by atoms with Crippen LogP contribution in [0.4, 0.5) is 5.69 Å². The Morgan fingerprint density at radius 2 is 1.90 bits per heavy atom. The van der Waals surface area contributed by atoms with Gasteiger partial charge in [-0.2, -0.15) is 0 Å². The second kappa shape index (κ2) is 7.41. The van der Waals surface area contributed by atoms with Crippen molar-refractivity contribution in [1.82, 2.24) is 9.62 Å². The van der Waals surface area contributed by atoms with Crippen LogP contribution < -0.4 is 10.5 Å². The molecule has 5 nitrogen and oxygen atoms in total. The number of benzene rings is 1. The molecule has 1 aromatic rings.